The van der Waals surface area contributed by atoms with Gasteiger partial charge >= 0.3 is 5.97 Å². The van der Waals surface area contributed by atoms with E-state index in [0.29, 0.717) is 19.4 Å². The van der Waals surface area contributed by atoms with Crippen LogP contribution in [-0.2, 0) is 16.0 Å². The Kier molecular flexibility index (Phi) is 4.64. The third-order valence-electron chi connectivity index (χ3n) is 4.35. The number of carboxylic acid groups (broad SMARTS) is 1. The van der Waals surface area contributed by atoms with Crippen molar-refractivity contribution < 1.29 is 19.2 Å². The zero-order chi connectivity index (χ0) is 17.1. The molecule has 0 bridgehead atoms. The molecule has 1 heterocycles. The zero-order valence-electron chi connectivity index (χ0n) is 13.5. The van der Waals surface area contributed by atoms with E-state index in [1.807, 2.05) is 36.4 Å². The summed E-state index contributed by atoms with van der Waals surface area (Å²) in [6.45, 7) is 0.572. The molecule has 1 aliphatic rings. The number of nitrogens with zero attached hydrogens (tertiary/aromatic N) is 2. The molecular formula is C18H20N2O4. The maximum atomic E-state index is 12.1. The van der Waals surface area contributed by atoms with Gasteiger partial charge in [0.15, 0.2) is 0 Å². The smallest absolute Gasteiger partial charge is 0.307 e. The fraction of sp³-hybridized carbons (Fsp3) is 0.389. The number of hydrogen-bond acceptors (Lipinski definition) is 4. The monoisotopic (exact) mass is 328 g/mol. The first kappa shape index (κ1) is 16.2. The van der Waals surface area contributed by atoms with Gasteiger partial charge in [0.05, 0.1) is 11.8 Å². The van der Waals surface area contributed by atoms with Crippen molar-refractivity contribution in [2.45, 2.75) is 19.3 Å². The normalized spacial score (nSPS) is 19.0. The van der Waals surface area contributed by atoms with E-state index in [9.17, 15) is 9.59 Å². The third kappa shape index (κ3) is 3.64. The number of carboxylic acids is 1. The van der Waals surface area contributed by atoms with Crippen molar-refractivity contribution in [1.82, 2.24) is 10.1 Å². The quantitative estimate of drug-likeness (QED) is 0.844. The summed E-state index contributed by atoms with van der Waals surface area (Å²) >= 11 is 0. The Bertz CT molecular complexity index is 726. The van der Waals surface area contributed by atoms with Crippen LogP contribution in [0.1, 0.15) is 18.6 Å². The van der Waals surface area contributed by atoms with Crippen molar-refractivity contribution in [1.29, 1.82) is 0 Å². The molecule has 1 N–H and O–H groups in total. The predicted molar refractivity (Wildman–Crippen MR) is 87.1 cm³/mol. The van der Waals surface area contributed by atoms with Crippen LogP contribution < -0.4 is 0 Å². The molecule has 0 saturated heterocycles. The van der Waals surface area contributed by atoms with Crippen LogP contribution in [0.3, 0.4) is 0 Å². The number of carbonyl (C=O) groups is 2. The average molecular weight is 328 g/mol. The maximum Gasteiger partial charge on any atom is 0.307 e. The molecule has 2 atom stereocenters. The van der Waals surface area contributed by atoms with Crippen LogP contribution in [0.25, 0.3) is 11.3 Å². The standard InChI is InChI=1S/C18H20N2O4/c1-20(17(21)14-11-15(14)18(22)23)9-5-8-13-10-16(19-24-13)12-6-3-2-4-7-12/h2-4,6-7,10,14-15H,5,8-9,11H2,1H3,(H,22,23)/t14-,15-/m1/s1. The van der Waals surface area contributed by atoms with Gasteiger partial charge in [0.2, 0.25) is 5.91 Å². The molecule has 0 unspecified atom stereocenters. The van der Waals surface area contributed by atoms with Gasteiger partial charge in [0, 0.05) is 31.6 Å². The van der Waals surface area contributed by atoms with Crippen molar-refractivity contribution >= 4 is 11.9 Å². The molecule has 1 aromatic heterocycles. The Balaban J connectivity index is 1.46. The lowest BCUT2D eigenvalue weighted by molar-refractivity contribution is -0.141. The van der Waals surface area contributed by atoms with Crippen molar-refractivity contribution in [3.8, 4) is 11.3 Å². The molecule has 126 valence electrons. The first-order chi connectivity index (χ1) is 11.6. The fourth-order valence-electron chi connectivity index (χ4n) is 2.80. The fourth-order valence-corrected chi connectivity index (χ4v) is 2.80. The number of rotatable bonds is 7. The predicted octanol–water partition coefficient (Wildman–Crippen LogP) is 2.45. The number of carbonyl (C=O) groups excluding carboxylic acids is 1. The van der Waals surface area contributed by atoms with Gasteiger partial charge < -0.3 is 14.5 Å². The SMILES string of the molecule is CN(CCCc1cc(-c2ccccc2)no1)C(=O)[C@@H]1C[C@H]1C(=O)O. The van der Waals surface area contributed by atoms with Gasteiger partial charge in [-0.2, -0.15) is 0 Å². The highest BCUT2D eigenvalue weighted by Crippen LogP contribution is 2.39. The third-order valence-corrected chi connectivity index (χ3v) is 4.35. The summed E-state index contributed by atoms with van der Waals surface area (Å²) in [4.78, 5) is 24.5. The lowest BCUT2D eigenvalue weighted by atomic mass is 10.1. The van der Waals surface area contributed by atoms with Gasteiger partial charge in [-0.1, -0.05) is 35.5 Å². The molecule has 0 aliphatic heterocycles. The molecule has 1 saturated carbocycles. The van der Waals surface area contributed by atoms with E-state index in [-0.39, 0.29) is 11.8 Å². The molecule has 1 aliphatic carbocycles. The van der Waals surface area contributed by atoms with Crippen molar-refractivity contribution in [2.24, 2.45) is 11.8 Å². The van der Waals surface area contributed by atoms with Crippen LogP contribution in [0.15, 0.2) is 40.9 Å². The average Bonchev–Trinajstić information content (AvgIpc) is 3.26. The van der Waals surface area contributed by atoms with Crippen molar-refractivity contribution in [2.75, 3.05) is 13.6 Å². The van der Waals surface area contributed by atoms with Gasteiger partial charge in [-0.3, -0.25) is 9.59 Å². The van der Waals surface area contributed by atoms with Crippen LogP contribution in [0.5, 0.6) is 0 Å². The van der Waals surface area contributed by atoms with Gasteiger partial charge in [0.1, 0.15) is 11.5 Å². The minimum absolute atomic E-state index is 0.0788. The minimum atomic E-state index is -0.878. The van der Waals surface area contributed by atoms with E-state index in [2.05, 4.69) is 5.16 Å². The Morgan fingerprint density at radius 1 is 1.29 bits per heavy atom. The number of aryl methyl sites for hydroxylation is 1. The summed E-state index contributed by atoms with van der Waals surface area (Å²) in [5, 5.41) is 13.0. The lowest BCUT2D eigenvalue weighted by Crippen LogP contribution is -2.30. The summed E-state index contributed by atoms with van der Waals surface area (Å²) in [5.74, 6) is -1.02. The van der Waals surface area contributed by atoms with Crippen molar-refractivity contribution in [3.05, 3.63) is 42.2 Å². The Hall–Kier alpha value is -2.63. The number of amides is 1. The molecule has 3 rings (SSSR count). The number of aliphatic carboxylic acids is 1. The van der Waals surface area contributed by atoms with E-state index < -0.39 is 11.9 Å². The molecule has 6 heteroatoms. The van der Waals surface area contributed by atoms with Crippen LogP contribution in [0, 0.1) is 11.8 Å². The molecule has 0 spiro atoms. The van der Waals surface area contributed by atoms with E-state index in [1.54, 1.807) is 11.9 Å². The Labute approximate surface area is 140 Å². The van der Waals surface area contributed by atoms with Gasteiger partial charge in [-0.15, -0.1) is 0 Å². The number of hydrogen-bond donors (Lipinski definition) is 1. The summed E-state index contributed by atoms with van der Waals surface area (Å²) in [6.07, 6.45) is 1.89. The lowest BCUT2D eigenvalue weighted by Gasteiger charge is -2.16. The molecule has 2 aromatic rings. The molecule has 1 amide bonds. The van der Waals surface area contributed by atoms with Gasteiger partial charge in [-0.05, 0) is 12.8 Å². The first-order valence-corrected chi connectivity index (χ1v) is 8.05. The molecule has 6 nitrogen and oxygen atoms in total. The second-order valence-corrected chi connectivity index (χ2v) is 6.19. The Morgan fingerprint density at radius 2 is 2.04 bits per heavy atom. The molecular weight excluding hydrogens is 308 g/mol. The van der Waals surface area contributed by atoms with Crippen LogP contribution in [0.4, 0.5) is 0 Å². The van der Waals surface area contributed by atoms with E-state index in [0.717, 1.165) is 23.4 Å². The largest absolute Gasteiger partial charge is 0.481 e. The van der Waals surface area contributed by atoms with E-state index >= 15 is 0 Å². The minimum Gasteiger partial charge on any atom is -0.481 e. The summed E-state index contributed by atoms with van der Waals surface area (Å²) in [7, 11) is 1.72. The second kappa shape index (κ2) is 6.86. The topological polar surface area (TPSA) is 83.6 Å². The maximum absolute atomic E-state index is 12.1. The second-order valence-electron chi connectivity index (χ2n) is 6.19. The zero-order valence-corrected chi connectivity index (χ0v) is 13.5. The van der Waals surface area contributed by atoms with Crippen LogP contribution >= 0.6 is 0 Å². The molecule has 1 aromatic carbocycles. The molecule has 0 radical (unpaired) electrons. The number of benzene rings is 1. The molecule has 1 fully saturated rings. The van der Waals surface area contributed by atoms with Crippen LogP contribution in [-0.4, -0.2) is 40.6 Å². The highest BCUT2D eigenvalue weighted by atomic mass is 16.5. The summed E-state index contributed by atoms with van der Waals surface area (Å²) in [5.41, 5.74) is 1.81. The first-order valence-electron chi connectivity index (χ1n) is 8.05. The van der Waals surface area contributed by atoms with Crippen LogP contribution in [0.2, 0.25) is 0 Å². The Morgan fingerprint density at radius 3 is 2.71 bits per heavy atom. The summed E-state index contributed by atoms with van der Waals surface area (Å²) in [6, 6.07) is 11.7. The van der Waals surface area contributed by atoms with Gasteiger partial charge in [0.25, 0.3) is 0 Å². The number of aromatic nitrogens is 1. The molecule has 24 heavy (non-hydrogen) atoms. The summed E-state index contributed by atoms with van der Waals surface area (Å²) < 4.78 is 5.34. The highest BCUT2D eigenvalue weighted by molar-refractivity contribution is 5.89. The van der Waals surface area contributed by atoms with E-state index in [4.69, 9.17) is 9.63 Å². The van der Waals surface area contributed by atoms with E-state index in [1.165, 1.54) is 0 Å². The van der Waals surface area contributed by atoms with Crippen molar-refractivity contribution in [3.63, 3.8) is 0 Å². The highest BCUT2D eigenvalue weighted by Gasteiger charge is 2.49. The van der Waals surface area contributed by atoms with Gasteiger partial charge in [-0.25, -0.2) is 0 Å².